The number of amides is 6. The van der Waals surface area contributed by atoms with Crippen LogP contribution in [0.2, 0.25) is 0 Å². The summed E-state index contributed by atoms with van der Waals surface area (Å²) >= 11 is 0. The molecule has 334 valence electrons. The zero-order valence-electron chi connectivity index (χ0n) is 36.8. The number of carbonyl (C=O) groups excluding carboxylic acids is 6. The van der Waals surface area contributed by atoms with Crippen molar-refractivity contribution in [1.29, 1.82) is 0 Å². The molecule has 60 heavy (non-hydrogen) atoms. The zero-order valence-corrected chi connectivity index (χ0v) is 37.6. The largest absolute Gasteiger partial charge is 0.350 e. The summed E-state index contributed by atoms with van der Waals surface area (Å²) in [5, 5.41) is 9.33. The summed E-state index contributed by atoms with van der Waals surface area (Å²) < 4.78 is 29.8. The van der Waals surface area contributed by atoms with Gasteiger partial charge in [-0.05, 0) is 80.5 Å². The topological polar surface area (TPSA) is 194 Å². The van der Waals surface area contributed by atoms with Crippen molar-refractivity contribution in [1.82, 2.24) is 34.8 Å². The Morgan fingerprint density at radius 3 is 1.97 bits per heavy atom. The van der Waals surface area contributed by atoms with Gasteiger partial charge in [0, 0.05) is 68.9 Å². The maximum Gasteiger partial charge on any atom is 0.303 e. The van der Waals surface area contributed by atoms with Gasteiger partial charge in [-0.25, -0.2) is 4.72 Å². The second-order valence-corrected chi connectivity index (χ2v) is 22.7. The van der Waals surface area contributed by atoms with Crippen LogP contribution in [-0.2, 0) is 39.0 Å². The van der Waals surface area contributed by atoms with Gasteiger partial charge in [-0.15, -0.1) is 6.58 Å². The van der Waals surface area contributed by atoms with Crippen molar-refractivity contribution in [2.24, 2.45) is 33.5 Å². The minimum atomic E-state index is -4.11. The van der Waals surface area contributed by atoms with Gasteiger partial charge >= 0.3 is 10.2 Å². The van der Waals surface area contributed by atoms with E-state index in [1.54, 1.807) is 15.9 Å². The highest BCUT2D eigenvalue weighted by molar-refractivity contribution is 7.87. The maximum atomic E-state index is 15.1. The third kappa shape index (κ3) is 7.57. The standard InChI is InChI=1S/C44H69N7O8S/c1-8-31-25-44(31,38(57)48-60(58,59)50-21-12-13-22-50)47-36(55)32-26-43(40(6,7)42(43)19-14-20-42)28-51(32)37(56)34(39(3,4)5)45-33(53)27-41(17-10-9-11-18-41)46-35(54)30-15-23-49(24-16-30)29(2)52/h8,30-32,34H,1,9-28H2,2-7H3,(H,45,53)(H,46,54)(H,47,55)(H,48,57)/t31-,32+,34-,43-,44-/m1/s1. The average molecular weight is 856 g/mol. The molecule has 5 atom stereocenters. The quantitative estimate of drug-likeness (QED) is 0.215. The van der Waals surface area contributed by atoms with E-state index < -0.39 is 56.5 Å². The molecule has 0 aromatic carbocycles. The van der Waals surface area contributed by atoms with Crippen molar-refractivity contribution in [2.45, 2.75) is 161 Å². The van der Waals surface area contributed by atoms with E-state index in [0.29, 0.717) is 77.7 Å². The molecular weight excluding hydrogens is 787 g/mol. The van der Waals surface area contributed by atoms with Crippen LogP contribution < -0.4 is 20.7 Å². The number of hydrogen-bond acceptors (Lipinski definition) is 8. The van der Waals surface area contributed by atoms with Gasteiger partial charge in [0.1, 0.15) is 17.6 Å². The molecule has 3 heterocycles. The first-order chi connectivity index (χ1) is 28.1. The predicted octanol–water partition coefficient (Wildman–Crippen LogP) is 3.30. The summed E-state index contributed by atoms with van der Waals surface area (Å²) in [7, 11) is -4.11. The van der Waals surface area contributed by atoms with Crippen molar-refractivity contribution < 1.29 is 37.2 Å². The van der Waals surface area contributed by atoms with Gasteiger partial charge in [0.05, 0.1) is 0 Å². The highest BCUT2D eigenvalue weighted by Crippen LogP contribution is 2.88. The van der Waals surface area contributed by atoms with Crippen LogP contribution in [0.4, 0.5) is 0 Å². The second-order valence-electron chi connectivity index (χ2n) is 21.0. The lowest BCUT2D eigenvalue weighted by atomic mass is 9.73. The number of fused-ring (bicyclic) bond motifs is 1. The summed E-state index contributed by atoms with van der Waals surface area (Å²) in [5.74, 6) is -2.91. The van der Waals surface area contributed by atoms with Gasteiger partial charge in [0.25, 0.3) is 5.91 Å². The Balaban J connectivity index is 1.10. The second kappa shape index (κ2) is 15.7. The highest BCUT2D eigenvalue weighted by atomic mass is 32.2. The van der Waals surface area contributed by atoms with Crippen LogP contribution in [0.25, 0.3) is 0 Å². The summed E-state index contributed by atoms with van der Waals surface area (Å²) in [6.07, 6.45) is 11.7. The molecule has 16 heteroatoms. The molecule has 3 saturated heterocycles. The molecule has 7 aliphatic rings. The van der Waals surface area contributed by atoms with Gasteiger partial charge in [-0.3, -0.25) is 28.8 Å². The molecule has 7 rings (SSSR count). The average Bonchev–Trinajstić information content (AvgIpc) is 3.62. The molecule has 0 unspecified atom stereocenters. The van der Waals surface area contributed by atoms with E-state index in [0.717, 1.165) is 38.5 Å². The number of nitrogens with zero attached hydrogens (tertiary/aromatic N) is 3. The third-order valence-corrected chi connectivity index (χ3v) is 18.0. The lowest BCUT2D eigenvalue weighted by molar-refractivity contribution is -0.145. The van der Waals surface area contributed by atoms with Gasteiger partial charge in [-0.1, -0.05) is 66.4 Å². The lowest BCUT2D eigenvalue weighted by Gasteiger charge is -2.41. The number of carbonyl (C=O) groups is 6. The Hall–Kier alpha value is -3.53. The molecule has 4 saturated carbocycles. The molecule has 4 N–H and O–H groups in total. The van der Waals surface area contributed by atoms with Gasteiger partial charge in [0.2, 0.25) is 29.5 Å². The van der Waals surface area contributed by atoms with Crippen molar-refractivity contribution in [3.63, 3.8) is 0 Å². The van der Waals surface area contributed by atoms with E-state index in [4.69, 9.17) is 0 Å². The Bertz CT molecular complexity index is 1890. The minimum Gasteiger partial charge on any atom is -0.350 e. The van der Waals surface area contributed by atoms with E-state index in [2.05, 4.69) is 41.1 Å². The number of hydrogen-bond donors (Lipinski definition) is 4. The predicted molar refractivity (Wildman–Crippen MR) is 225 cm³/mol. The Morgan fingerprint density at radius 1 is 0.817 bits per heavy atom. The van der Waals surface area contributed by atoms with Gasteiger partial charge in [0.15, 0.2) is 0 Å². The fourth-order valence-corrected chi connectivity index (χ4v) is 13.6. The Kier molecular flexibility index (Phi) is 11.6. The molecule has 0 aromatic heterocycles. The molecule has 2 spiro atoms. The molecule has 15 nitrogen and oxygen atoms in total. The lowest BCUT2D eigenvalue weighted by Crippen LogP contribution is -2.61. The molecule has 3 aliphatic heterocycles. The van der Waals surface area contributed by atoms with Gasteiger partial charge in [-0.2, -0.15) is 12.7 Å². The molecule has 6 amide bonds. The fourth-order valence-electron chi connectivity index (χ4n) is 12.3. The first-order valence-electron chi connectivity index (χ1n) is 22.5. The van der Waals surface area contributed by atoms with Crippen molar-refractivity contribution in [3.05, 3.63) is 12.7 Å². The monoisotopic (exact) mass is 855 g/mol. The smallest absolute Gasteiger partial charge is 0.303 e. The van der Waals surface area contributed by atoms with Crippen LogP contribution in [-0.4, -0.2) is 114 Å². The highest BCUT2D eigenvalue weighted by Gasteiger charge is 2.85. The zero-order chi connectivity index (χ0) is 43.7. The van der Waals surface area contributed by atoms with Crippen LogP contribution in [0.5, 0.6) is 0 Å². The van der Waals surface area contributed by atoms with Crippen LogP contribution >= 0.6 is 0 Å². The van der Waals surface area contributed by atoms with Crippen LogP contribution in [0.1, 0.15) is 138 Å². The fraction of sp³-hybridized carbons (Fsp3) is 0.818. The maximum absolute atomic E-state index is 15.1. The molecule has 7 fully saturated rings. The SMILES string of the molecule is C=C[C@@H]1C[C@]1(NC(=O)[C@@H]1C[C@@]2(CN1C(=O)[C@@H](NC(=O)CC1(NC(=O)C3CCN(C(C)=O)CC3)CCCCC1)C(C)(C)C)C(C)(C)C21CCC1)C(=O)NS(=O)(=O)N1CCCC1. The number of piperidine rings is 1. The number of nitrogens with one attached hydrogen (secondary N) is 4. The summed E-state index contributed by atoms with van der Waals surface area (Å²) in [4.78, 5) is 86.9. The van der Waals surface area contributed by atoms with E-state index in [1.807, 2.05) is 20.8 Å². The third-order valence-electron chi connectivity index (χ3n) is 16.5. The summed E-state index contributed by atoms with van der Waals surface area (Å²) in [5.41, 5.74) is -3.56. The first kappa shape index (κ1) is 44.5. The number of rotatable bonds is 12. The Morgan fingerprint density at radius 2 is 1.45 bits per heavy atom. The molecule has 0 radical (unpaired) electrons. The minimum absolute atomic E-state index is 0.00172. The van der Waals surface area contributed by atoms with Crippen molar-refractivity contribution >= 4 is 45.7 Å². The number of likely N-dealkylation sites (tertiary alicyclic amines) is 2. The first-order valence-corrected chi connectivity index (χ1v) is 24.0. The van der Waals surface area contributed by atoms with Crippen LogP contribution in [0, 0.1) is 33.5 Å². The molecule has 0 aromatic rings. The van der Waals surface area contributed by atoms with E-state index >= 15 is 4.79 Å². The van der Waals surface area contributed by atoms with Crippen LogP contribution in [0.3, 0.4) is 0 Å². The van der Waals surface area contributed by atoms with Crippen molar-refractivity contribution in [2.75, 3.05) is 32.7 Å². The molecule has 4 aliphatic carbocycles. The van der Waals surface area contributed by atoms with E-state index in [9.17, 15) is 32.4 Å². The normalized spacial score (nSPS) is 31.2. The molecule has 0 bridgehead atoms. The van der Waals surface area contributed by atoms with E-state index in [-0.39, 0.29) is 58.6 Å². The summed E-state index contributed by atoms with van der Waals surface area (Å²) in [6, 6.07) is -1.96. The van der Waals surface area contributed by atoms with Gasteiger partial charge < -0.3 is 25.8 Å². The Labute approximate surface area is 356 Å². The van der Waals surface area contributed by atoms with Crippen LogP contribution in [0.15, 0.2) is 12.7 Å². The van der Waals surface area contributed by atoms with E-state index in [1.165, 1.54) is 11.2 Å². The van der Waals surface area contributed by atoms with Crippen molar-refractivity contribution in [3.8, 4) is 0 Å². The molecular formula is C44H69N7O8S. The summed E-state index contributed by atoms with van der Waals surface area (Å²) in [6.45, 7) is 17.5.